The van der Waals surface area contributed by atoms with Gasteiger partial charge in [0, 0.05) is 5.69 Å². The third kappa shape index (κ3) is 3.81. The van der Waals surface area contributed by atoms with E-state index in [1.165, 1.54) is 13.8 Å². The van der Waals surface area contributed by atoms with Crippen LogP contribution in [0.15, 0.2) is 12.1 Å². The van der Waals surface area contributed by atoms with E-state index < -0.39 is 34.4 Å². The second kappa shape index (κ2) is 6.33. The van der Waals surface area contributed by atoms with E-state index in [0.717, 1.165) is 12.1 Å². The van der Waals surface area contributed by atoms with Crippen LogP contribution in [0.2, 0.25) is 0 Å². The van der Waals surface area contributed by atoms with Crippen LogP contribution in [-0.4, -0.2) is 33.5 Å². The van der Waals surface area contributed by atoms with Crippen molar-refractivity contribution in [2.45, 2.75) is 30.2 Å². The number of anilines is 1. The number of aryl methyl sites for hydroxylation is 2. The van der Waals surface area contributed by atoms with E-state index in [4.69, 9.17) is 5.11 Å². The van der Waals surface area contributed by atoms with Gasteiger partial charge in [0.25, 0.3) is 0 Å². The van der Waals surface area contributed by atoms with Crippen molar-refractivity contribution in [1.82, 2.24) is 0 Å². The summed E-state index contributed by atoms with van der Waals surface area (Å²) in [6.07, 6.45) is 0. The van der Waals surface area contributed by atoms with Crippen LogP contribution in [-0.2, 0) is 10.4 Å². The van der Waals surface area contributed by atoms with Crippen molar-refractivity contribution in [1.29, 1.82) is 0 Å². The van der Waals surface area contributed by atoms with Gasteiger partial charge in [-0.2, -0.15) is 17.6 Å². The van der Waals surface area contributed by atoms with Crippen molar-refractivity contribution in [3.63, 3.8) is 0 Å². The van der Waals surface area contributed by atoms with Gasteiger partial charge in [0.1, 0.15) is 6.54 Å². The maximum absolute atomic E-state index is 13.4. The number of carboxylic acid groups (broad SMARTS) is 1. The fourth-order valence-electron chi connectivity index (χ4n) is 2.10. The fraction of sp³-hybridized carbons (Fsp3) is 0.462. The SMILES string of the molecule is Cc1cc(C(O)(C(F)(F)Cl)C(F)(F)Cl)cc(C)c1NCC(=O)O. The van der Waals surface area contributed by atoms with E-state index >= 15 is 0 Å². The number of alkyl halides is 6. The minimum Gasteiger partial charge on any atom is -0.480 e. The Morgan fingerprint density at radius 1 is 1.13 bits per heavy atom. The summed E-state index contributed by atoms with van der Waals surface area (Å²) in [5, 5.41) is 11.5. The molecule has 130 valence electrons. The van der Waals surface area contributed by atoms with Gasteiger partial charge in [0.2, 0.25) is 5.60 Å². The van der Waals surface area contributed by atoms with E-state index in [1.807, 2.05) is 0 Å². The predicted octanol–water partition coefficient (Wildman–Crippen LogP) is 3.65. The second-order valence-electron chi connectivity index (χ2n) is 4.94. The van der Waals surface area contributed by atoms with Crippen LogP contribution in [0, 0.1) is 13.8 Å². The molecule has 0 unspecified atom stereocenters. The molecular weight excluding hydrogens is 365 g/mol. The zero-order valence-corrected chi connectivity index (χ0v) is 13.4. The summed E-state index contributed by atoms with van der Waals surface area (Å²) >= 11 is 9.33. The van der Waals surface area contributed by atoms with Crippen molar-refractivity contribution < 1.29 is 32.6 Å². The molecule has 0 radical (unpaired) electrons. The van der Waals surface area contributed by atoms with Crippen molar-refractivity contribution in [3.05, 3.63) is 28.8 Å². The molecule has 0 atom stereocenters. The normalized spacial score (nSPS) is 13.1. The van der Waals surface area contributed by atoms with E-state index in [2.05, 4.69) is 28.5 Å². The molecule has 1 aromatic rings. The molecule has 0 heterocycles. The number of halogens is 6. The Hall–Kier alpha value is -1.25. The Kier molecular flexibility index (Phi) is 5.45. The number of benzene rings is 1. The van der Waals surface area contributed by atoms with E-state index in [9.17, 15) is 27.5 Å². The summed E-state index contributed by atoms with van der Waals surface area (Å²) in [4.78, 5) is 10.5. The molecular formula is C13H13Cl2F4NO3. The smallest absolute Gasteiger partial charge is 0.361 e. The quantitative estimate of drug-likeness (QED) is 0.522. The first-order chi connectivity index (χ1) is 10.2. The molecule has 0 fully saturated rings. The average molecular weight is 378 g/mol. The largest absolute Gasteiger partial charge is 0.480 e. The molecule has 1 rings (SSSR count). The molecule has 4 nitrogen and oxygen atoms in total. The van der Waals surface area contributed by atoms with Gasteiger partial charge < -0.3 is 15.5 Å². The Morgan fingerprint density at radius 3 is 1.83 bits per heavy atom. The topological polar surface area (TPSA) is 69.6 Å². The minimum absolute atomic E-state index is 0.154. The lowest BCUT2D eigenvalue weighted by Crippen LogP contribution is -2.52. The van der Waals surface area contributed by atoms with Gasteiger partial charge in [-0.1, -0.05) is 12.1 Å². The third-order valence-electron chi connectivity index (χ3n) is 3.19. The van der Waals surface area contributed by atoms with Gasteiger partial charge in [-0.05, 0) is 53.7 Å². The Bertz CT molecular complexity index is 577. The molecule has 0 aliphatic heterocycles. The number of carbonyl (C=O) groups is 1. The molecule has 1 aromatic carbocycles. The highest BCUT2D eigenvalue weighted by molar-refractivity contribution is 6.26. The monoisotopic (exact) mass is 377 g/mol. The number of hydrogen-bond donors (Lipinski definition) is 3. The number of carboxylic acids is 1. The van der Waals surface area contributed by atoms with Gasteiger partial charge >= 0.3 is 16.7 Å². The van der Waals surface area contributed by atoms with Crippen LogP contribution in [0.1, 0.15) is 16.7 Å². The average Bonchev–Trinajstić information content (AvgIpc) is 2.33. The van der Waals surface area contributed by atoms with Crippen LogP contribution < -0.4 is 5.32 Å². The van der Waals surface area contributed by atoms with Crippen molar-refractivity contribution in [3.8, 4) is 0 Å². The number of nitrogens with one attached hydrogen (secondary N) is 1. The maximum Gasteiger partial charge on any atom is 0.361 e. The van der Waals surface area contributed by atoms with Gasteiger partial charge in [-0.25, -0.2) is 0 Å². The first-order valence-electron chi connectivity index (χ1n) is 6.15. The van der Waals surface area contributed by atoms with Crippen molar-refractivity contribution in [2.24, 2.45) is 0 Å². The number of rotatable bonds is 6. The zero-order chi connectivity index (χ0) is 18.2. The summed E-state index contributed by atoms with van der Waals surface area (Å²) in [6.45, 7) is 2.25. The lowest BCUT2D eigenvalue weighted by atomic mass is 9.90. The second-order valence-corrected chi connectivity index (χ2v) is 5.89. The number of hydrogen-bond acceptors (Lipinski definition) is 3. The molecule has 0 aromatic heterocycles. The van der Waals surface area contributed by atoms with Gasteiger partial charge in [-0.15, -0.1) is 0 Å². The van der Waals surface area contributed by atoms with Crippen LogP contribution >= 0.6 is 23.2 Å². The molecule has 0 bridgehead atoms. The first kappa shape index (κ1) is 19.8. The van der Waals surface area contributed by atoms with Gasteiger partial charge in [0.05, 0.1) is 0 Å². The lowest BCUT2D eigenvalue weighted by molar-refractivity contribution is -0.224. The molecule has 23 heavy (non-hydrogen) atoms. The molecule has 10 heteroatoms. The highest BCUT2D eigenvalue weighted by atomic mass is 35.5. The summed E-state index contributed by atoms with van der Waals surface area (Å²) in [5.74, 6) is -1.18. The first-order valence-corrected chi connectivity index (χ1v) is 6.90. The van der Waals surface area contributed by atoms with E-state index in [-0.39, 0.29) is 16.8 Å². The Morgan fingerprint density at radius 2 is 1.52 bits per heavy atom. The number of aliphatic carboxylic acids is 1. The molecule has 0 spiro atoms. The van der Waals surface area contributed by atoms with Gasteiger partial charge in [-0.3, -0.25) is 4.79 Å². The fourth-order valence-corrected chi connectivity index (χ4v) is 2.61. The van der Waals surface area contributed by atoms with E-state index in [0.29, 0.717) is 0 Å². The molecule has 0 aliphatic rings. The molecule has 0 saturated heterocycles. The van der Waals surface area contributed by atoms with Crippen LogP contribution in [0.4, 0.5) is 23.2 Å². The highest BCUT2D eigenvalue weighted by Gasteiger charge is 2.68. The molecule has 0 aliphatic carbocycles. The Labute approximate surface area is 139 Å². The molecule has 0 amide bonds. The summed E-state index contributed by atoms with van der Waals surface area (Å²) < 4.78 is 53.7. The predicted molar refractivity (Wildman–Crippen MR) is 77.5 cm³/mol. The maximum atomic E-state index is 13.4. The summed E-state index contributed by atoms with van der Waals surface area (Å²) in [5.41, 5.74) is -4.49. The standard InChI is InChI=1S/C13H13Cl2F4NO3/c1-6-3-8(4-7(2)10(6)20-5-9(21)22)11(23,12(14,16)17)13(15,18)19/h3-4,20,23H,5H2,1-2H3,(H,21,22). The van der Waals surface area contributed by atoms with Crippen LogP contribution in [0.5, 0.6) is 0 Å². The van der Waals surface area contributed by atoms with Crippen molar-refractivity contribution >= 4 is 34.9 Å². The van der Waals surface area contributed by atoms with Crippen LogP contribution in [0.25, 0.3) is 0 Å². The third-order valence-corrected chi connectivity index (χ3v) is 3.73. The zero-order valence-electron chi connectivity index (χ0n) is 11.9. The van der Waals surface area contributed by atoms with Crippen molar-refractivity contribution in [2.75, 3.05) is 11.9 Å². The highest BCUT2D eigenvalue weighted by Crippen LogP contribution is 2.53. The molecule has 3 N–H and O–H groups in total. The van der Waals surface area contributed by atoms with E-state index in [1.54, 1.807) is 0 Å². The van der Waals surface area contributed by atoms with Crippen LogP contribution in [0.3, 0.4) is 0 Å². The molecule has 0 saturated carbocycles. The minimum atomic E-state index is -4.76. The summed E-state index contributed by atoms with van der Waals surface area (Å²) in [6, 6.07) is 1.67. The lowest BCUT2D eigenvalue weighted by Gasteiger charge is -2.35. The Balaban J connectivity index is 3.46. The number of aliphatic hydroxyl groups is 1. The summed E-state index contributed by atoms with van der Waals surface area (Å²) in [7, 11) is 0. The van der Waals surface area contributed by atoms with Gasteiger partial charge in [0.15, 0.2) is 0 Å².